The van der Waals surface area contributed by atoms with E-state index >= 15 is 0 Å². The number of aliphatic hydroxyl groups is 1. The molecule has 0 spiro atoms. The molecule has 0 amide bonds. The lowest BCUT2D eigenvalue weighted by Gasteiger charge is -2.39. The van der Waals surface area contributed by atoms with E-state index in [0.29, 0.717) is 12.5 Å². The summed E-state index contributed by atoms with van der Waals surface area (Å²) < 4.78 is 2.21. The summed E-state index contributed by atoms with van der Waals surface area (Å²) >= 11 is 0. The van der Waals surface area contributed by atoms with Gasteiger partial charge < -0.3 is 9.67 Å². The molecule has 3 atom stereocenters. The number of aromatic nitrogens is 1. The number of carbonyl (C=O) groups excluding carboxylic acids is 1. The molecule has 4 nitrogen and oxygen atoms in total. The van der Waals surface area contributed by atoms with Crippen LogP contribution in [0.4, 0.5) is 0 Å². The second-order valence-electron chi connectivity index (χ2n) is 7.98. The van der Waals surface area contributed by atoms with Crippen molar-refractivity contribution in [1.82, 2.24) is 9.47 Å². The van der Waals surface area contributed by atoms with Crippen molar-refractivity contribution in [2.75, 3.05) is 20.2 Å². The zero-order valence-electron chi connectivity index (χ0n) is 15.9. The molecule has 0 radical (unpaired) electrons. The van der Waals surface area contributed by atoms with E-state index in [9.17, 15) is 9.90 Å². The molecule has 2 aromatic rings. The van der Waals surface area contributed by atoms with Crippen molar-refractivity contribution in [2.24, 2.45) is 18.9 Å². The minimum atomic E-state index is -0.0765. The lowest BCUT2D eigenvalue weighted by atomic mass is 9.78. The van der Waals surface area contributed by atoms with Crippen LogP contribution >= 0.6 is 0 Å². The van der Waals surface area contributed by atoms with Crippen molar-refractivity contribution < 1.29 is 9.90 Å². The molecule has 3 unspecified atom stereocenters. The monoisotopic (exact) mass is 352 g/mol. The number of likely N-dealkylation sites (N-methyl/N-ethyl adjacent to an activating group) is 1. The number of benzene rings is 1. The number of hydrogen-bond acceptors (Lipinski definition) is 3. The third kappa shape index (κ3) is 2.72. The highest BCUT2D eigenvalue weighted by Gasteiger charge is 2.36. The Bertz CT molecular complexity index is 876. The van der Waals surface area contributed by atoms with Gasteiger partial charge in [0.05, 0.1) is 0 Å². The van der Waals surface area contributed by atoms with Gasteiger partial charge in [-0.05, 0) is 42.2 Å². The van der Waals surface area contributed by atoms with E-state index < -0.39 is 0 Å². The first kappa shape index (κ1) is 17.5. The highest BCUT2D eigenvalue weighted by molar-refractivity contribution is 5.99. The second kappa shape index (κ2) is 6.67. The molecule has 1 aliphatic heterocycles. The van der Waals surface area contributed by atoms with Crippen LogP contribution in [0.25, 0.3) is 16.5 Å². The minimum absolute atomic E-state index is 0.0765. The average molecular weight is 352 g/mol. The Morgan fingerprint density at radius 1 is 1.35 bits per heavy atom. The van der Waals surface area contributed by atoms with Gasteiger partial charge in [-0.3, -0.25) is 9.69 Å². The first-order chi connectivity index (χ1) is 12.5. The zero-order chi connectivity index (χ0) is 18.4. The molecule has 2 heterocycles. The number of carbonyl (C=O) groups is 1. The third-order valence-electron chi connectivity index (χ3n) is 6.31. The Kier molecular flexibility index (Phi) is 4.49. The lowest BCUT2D eigenvalue weighted by Crippen LogP contribution is -2.44. The van der Waals surface area contributed by atoms with Gasteiger partial charge in [-0.2, -0.15) is 0 Å². The smallest absolute Gasteiger partial charge is 0.141 e. The number of aliphatic hydroxyl groups excluding tert-OH is 1. The molecule has 138 valence electrons. The first-order valence-corrected chi connectivity index (χ1v) is 9.66. The van der Waals surface area contributed by atoms with Crippen LogP contribution in [0.1, 0.15) is 30.9 Å². The molecule has 1 N–H and O–H groups in total. The molecule has 26 heavy (non-hydrogen) atoms. The van der Waals surface area contributed by atoms with Gasteiger partial charge in [0.1, 0.15) is 5.78 Å². The van der Waals surface area contributed by atoms with Gasteiger partial charge >= 0.3 is 0 Å². The van der Waals surface area contributed by atoms with E-state index in [1.165, 1.54) is 27.6 Å². The fourth-order valence-electron chi connectivity index (χ4n) is 4.70. The summed E-state index contributed by atoms with van der Waals surface area (Å²) in [5, 5.41) is 10.8. The molecule has 4 heteroatoms. The topological polar surface area (TPSA) is 45.5 Å². The summed E-state index contributed by atoms with van der Waals surface area (Å²) in [6, 6.07) is 6.84. The van der Waals surface area contributed by atoms with E-state index in [-0.39, 0.29) is 24.2 Å². The van der Waals surface area contributed by atoms with Crippen molar-refractivity contribution in [2.45, 2.75) is 32.2 Å². The summed E-state index contributed by atoms with van der Waals surface area (Å²) in [7, 11) is 4.24. The maximum Gasteiger partial charge on any atom is 0.141 e. The first-order valence-electron chi connectivity index (χ1n) is 9.66. The highest BCUT2D eigenvalue weighted by Crippen LogP contribution is 2.41. The minimum Gasteiger partial charge on any atom is -0.396 e. The SMILES string of the molecule is CCC(CO)CC(=O)C1C=C2c3cccc4c3c(cn4C)CC2N(C)C1. The van der Waals surface area contributed by atoms with Crippen LogP contribution in [0.3, 0.4) is 0 Å². The van der Waals surface area contributed by atoms with Crippen LogP contribution < -0.4 is 0 Å². The standard InChI is InChI=1S/C22H28N2O2/c1-4-14(13-25)8-21(26)15-9-18-17-6-5-7-19-22(17)16(12-23(19)2)10-20(18)24(3)11-15/h5-7,9,12,14-15,20,25H,4,8,10-11,13H2,1-3H3. The molecular weight excluding hydrogens is 324 g/mol. The third-order valence-corrected chi connectivity index (χ3v) is 6.31. The number of fused-ring (bicyclic) bond motifs is 2. The molecular formula is C22H28N2O2. The van der Waals surface area contributed by atoms with Gasteiger partial charge in [-0.1, -0.05) is 31.6 Å². The summed E-state index contributed by atoms with van der Waals surface area (Å²) in [6.07, 6.45) is 6.80. The maximum absolute atomic E-state index is 12.9. The van der Waals surface area contributed by atoms with E-state index in [0.717, 1.165) is 19.4 Å². The van der Waals surface area contributed by atoms with Crippen LogP contribution in [0, 0.1) is 11.8 Å². The van der Waals surface area contributed by atoms with Crippen LogP contribution in [-0.2, 0) is 18.3 Å². The van der Waals surface area contributed by atoms with Crippen molar-refractivity contribution >= 4 is 22.3 Å². The molecule has 0 saturated heterocycles. The largest absolute Gasteiger partial charge is 0.396 e. The molecule has 0 fully saturated rings. The van der Waals surface area contributed by atoms with E-state index in [2.05, 4.69) is 54.0 Å². The number of ketones is 1. The van der Waals surface area contributed by atoms with Gasteiger partial charge in [-0.25, -0.2) is 0 Å². The lowest BCUT2D eigenvalue weighted by molar-refractivity contribution is -0.123. The molecule has 0 bridgehead atoms. The second-order valence-corrected chi connectivity index (χ2v) is 7.98. The number of nitrogens with zero attached hydrogens (tertiary/aromatic N) is 2. The quantitative estimate of drug-likeness (QED) is 0.900. The summed E-state index contributed by atoms with van der Waals surface area (Å²) in [4.78, 5) is 15.2. The predicted octanol–water partition coefficient (Wildman–Crippen LogP) is 3.03. The van der Waals surface area contributed by atoms with Gasteiger partial charge in [-0.15, -0.1) is 0 Å². The van der Waals surface area contributed by atoms with E-state index in [1.54, 1.807) is 0 Å². The Labute approximate surface area is 155 Å². The fourth-order valence-corrected chi connectivity index (χ4v) is 4.70. The van der Waals surface area contributed by atoms with Crippen LogP contribution in [0.2, 0.25) is 0 Å². The molecule has 0 saturated carbocycles. The van der Waals surface area contributed by atoms with Crippen molar-refractivity contribution in [3.63, 3.8) is 0 Å². The van der Waals surface area contributed by atoms with Gasteiger partial charge in [0.2, 0.25) is 0 Å². The molecule has 4 rings (SSSR count). The average Bonchev–Trinajstić information content (AvgIpc) is 2.97. The van der Waals surface area contributed by atoms with Crippen molar-refractivity contribution in [1.29, 1.82) is 0 Å². The predicted molar refractivity (Wildman–Crippen MR) is 105 cm³/mol. The number of hydrogen-bond donors (Lipinski definition) is 1. The summed E-state index contributed by atoms with van der Waals surface area (Å²) in [5.74, 6) is 0.265. The Morgan fingerprint density at radius 2 is 2.15 bits per heavy atom. The van der Waals surface area contributed by atoms with Crippen LogP contribution in [-0.4, -0.2) is 46.6 Å². The summed E-state index contributed by atoms with van der Waals surface area (Å²) in [6.45, 7) is 2.90. The molecule has 1 aromatic heterocycles. The zero-order valence-corrected chi connectivity index (χ0v) is 15.9. The van der Waals surface area contributed by atoms with E-state index in [4.69, 9.17) is 0 Å². The van der Waals surface area contributed by atoms with Crippen LogP contribution in [0.5, 0.6) is 0 Å². The van der Waals surface area contributed by atoms with Crippen molar-refractivity contribution in [3.8, 4) is 0 Å². The summed E-state index contributed by atoms with van der Waals surface area (Å²) in [5.41, 5.74) is 5.26. The fraction of sp³-hybridized carbons (Fsp3) is 0.500. The van der Waals surface area contributed by atoms with Gasteiger partial charge in [0.25, 0.3) is 0 Å². The van der Waals surface area contributed by atoms with Crippen molar-refractivity contribution in [3.05, 3.63) is 41.6 Å². The molecule has 1 aliphatic carbocycles. The number of Topliss-reactive ketones (excluding diaryl/α,β-unsaturated/α-hetero) is 1. The van der Waals surface area contributed by atoms with Gasteiger partial charge in [0.15, 0.2) is 0 Å². The van der Waals surface area contributed by atoms with E-state index in [1.807, 2.05) is 6.92 Å². The number of rotatable bonds is 5. The Hall–Kier alpha value is -1.91. The number of aryl methyl sites for hydroxylation is 1. The highest BCUT2D eigenvalue weighted by atomic mass is 16.3. The molecule has 1 aromatic carbocycles. The van der Waals surface area contributed by atoms with Crippen LogP contribution in [0.15, 0.2) is 30.5 Å². The molecule has 2 aliphatic rings. The maximum atomic E-state index is 12.9. The Balaban J connectivity index is 1.74. The van der Waals surface area contributed by atoms with Gasteiger partial charge in [0, 0.05) is 55.7 Å². The Morgan fingerprint density at radius 3 is 2.88 bits per heavy atom. The normalized spacial score (nSPS) is 23.6.